The third-order valence-corrected chi connectivity index (χ3v) is 1.75. The minimum atomic E-state index is -0.329. The van der Waals surface area contributed by atoms with Gasteiger partial charge in [-0.05, 0) is 19.1 Å². The largest absolute Gasteiger partial charge is 0.380 e. The van der Waals surface area contributed by atoms with Crippen LogP contribution >= 0.6 is 0 Å². The van der Waals surface area contributed by atoms with Crippen LogP contribution in [0.15, 0.2) is 30.3 Å². The molecule has 1 aromatic rings. The van der Waals surface area contributed by atoms with E-state index in [9.17, 15) is 0 Å². The van der Waals surface area contributed by atoms with E-state index >= 15 is 0 Å². The van der Waals surface area contributed by atoms with Gasteiger partial charge in [-0.2, -0.15) is 0 Å². The van der Waals surface area contributed by atoms with Gasteiger partial charge >= 0.3 is 0 Å². The fourth-order valence-corrected chi connectivity index (χ4v) is 0.893. The monoisotopic (exact) mass is 165 g/mol. The molecule has 0 saturated carbocycles. The van der Waals surface area contributed by atoms with E-state index < -0.39 is 0 Å². The fourth-order valence-electron chi connectivity index (χ4n) is 0.893. The molecule has 0 fully saturated rings. The first-order valence-corrected chi connectivity index (χ1v) is 4.03. The Balaban J connectivity index is 2.53. The van der Waals surface area contributed by atoms with Gasteiger partial charge in [0.05, 0.1) is 12.2 Å². The van der Waals surface area contributed by atoms with E-state index in [-0.39, 0.29) is 12.2 Å². The SMILES string of the molecule is CC(Nc1ccccc1)C(N)N. The molecule has 1 rings (SSSR count). The van der Waals surface area contributed by atoms with Gasteiger partial charge in [0.15, 0.2) is 0 Å². The van der Waals surface area contributed by atoms with Crippen molar-refractivity contribution >= 4 is 5.69 Å². The molecule has 3 heteroatoms. The van der Waals surface area contributed by atoms with Crippen molar-refractivity contribution in [3.05, 3.63) is 30.3 Å². The van der Waals surface area contributed by atoms with Gasteiger partial charge in [-0.15, -0.1) is 0 Å². The standard InChI is InChI=1S/C9H15N3/c1-7(9(10)11)12-8-5-3-2-4-6-8/h2-7,9,12H,10-11H2,1H3. The Morgan fingerprint density at radius 1 is 1.17 bits per heavy atom. The zero-order valence-electron chi connectivity index (χ0n) is 7.20. The summed E-state index contributed by atoms with van der Waals surface area (Å²) in [6.07, 6.45) is -0.329. The van der Waals surface area contributed by atoms with Crippen molar-refractivity contribution in [3.8, 4) is 0 Å². The first-order chi connectivity index (χ1) is 5.70. The molecule has 1 atom stereocenters. The van der Waals surface area contributed by atoms with E-state index in [1.807, 2.05) is 37.3 Å². The van der Waals surface area contributed by atoms with Gasteiger partial charge in [0.2, 0.25) is 0 Å². The average Bonchev–Trinajstić information content (AvgIpc) is 2.06. The molecule has 3 nitrogen and oxygen atoms in total. The number of rotatable bonds is 3. The van der Waals surface area contributed by atoms with Crippen LogP contribution in [0.1, 0.15) is 6.92 Å². The van der Waals surface area contributed by atoms with Crippen molar-refractivity contribution in [2.75, 3.05) is 5.32 Å². The molecule has 12 heavy (non-hydrogen) atoms. The molecule has 0 spiro atoms. The summed E-state index contributed by atoms with van der Waals surface area (Å²) >= 11 is 0. The van der Waals surface area contributed by atoms with Crippen LogP contribution in [0.5, 0.6) is 0 Å². The van der Waals surface area contributed by atoms with Crippen molar-refractivity contribution in [1.29, 1.82) is 0 Å². The van der Waals surface area contributed by atoms with Gasteiger partial charge in [-0.1, -0.05) is 18.2 Å². The van der Waals surface area contributed by atoms with Gasteiger partial charge in [-0.3, -0.25) is 0 Å². The number of anilines is 1. The topological polar surface area (TPSA) is 64.1 Å². The second kappa shape index (κ2) is 4.09. The molecule has 0 saturated heterocycles. The molecule has 66 valence electrons. The summed E-state index contributed by atoms with van der Waals surface area (Å²) in [5.41, 5.74) is 12.0. The molecule has 0 aromatic heterocycles. The van der Waals surface area contributed by atoms with Gasteiger partial charge in [0, 0.05) is 5.69 Å². The Morgan fingerprint density at radius 2 is 1.75 bits per heavy atom. The predicted octanol–water partition coefficient (Wildman–Crippen LogP) is 0.730. The van der Waals surface area contributed by atoms with Crippen LogP contribution in [-0.4, -0.2) is 12.2 Å². The maximum absolute atomic E-state index is 5.50. The normalized spacial score (nSPS) is 13.0. The Kier molecular flexibility index (Phi) is 3.08. The molecule has 0 aliphatic heterocycles. The van der Waals surface area contributed by atoms with E-state index in [0.29, 0.717) is 0 Å². The molecule has 0 aliphatic carbocycles. The molecular formula is C9H15N3. The number of benzene rings is 1. The summed E-state index contributed by atoms with van der Waals surface area (Å²) in [5.74, 6) is 0. The van der Waals surface area contributed by atoms with E-state index in [1.165, 1.54) is 0 Å². The van der Waals surface area contributed by atoms with Crippen molar-refractivity contribution in [1.82, 2.24) is 0 Å². The maximum Gasteiger partial charge on any atom is 0.0726 e. The Hall–Kier alpha value is -1.06. The second-order valence-corrected chi connectivity index (χ2v) is 2.88. The summed E-state index contributed by atoms with van der Waals surface area (Å²) in [7, 11) is 0. The first-order valence-electron chi connectivity index (χ1n) is 4.03. The molecule has 0 bridgehead atoms. The highest BCUT2D eigenvalue weighted by Crippen LogP contribution is 2.06. The lowest BCUT2D eigenvalue weighted by Crippen LogP contribution is -2.45. The number of nitrogens with two attached hydrogens (primary N) is 2. The van der Waals surface area contributed by atoms with E-state index in [1.54, 1.807) is 0 Å². The van der Waals surface area contributed by atoms with Gasteiger partial charge < -0.3 is 16.8 Å². The van der Waals surface area contributed by atoms with Crippen LogP contribution in [0.2, 0.25) is 0 Å². The first kappa shape index (κ1) is 9.03. The van der Waals surface area contributed by atoms with Crippen LogP contribution < -0.4 is 16.8 Å². The summed E-state index contributed by atoms with van der Waals surface area (Å²) < 4.78 is 0. The highest BCUT2D eigenvalue weighted by atomic mass is 15.0. The minimum absolute atomic E-state index is 0.0902. The van der Waals surface area contributed by atoms with Crippen molar-refractivity contribution < 1.29 is 0 Å². The quantitative estimate of drug-likeness (QED) is 0.578. The third-order valence-electron chi connectivity index (χ3n) is 1.75. The van der Waals surface area contributed by atoms with Crippen molar-refractivity contribution in [2.24, 2.45) is 11.5 Å². The van der Waals surface area contributed by atoms with Gasteiger partial charge in [0.1, 0.15) is 0 Å². The van der Waals surface area contributed by atoms with Crippen molar-refractivity contribution in [3.63, 3.8) is 0 Å². The molecular weight excluding hydrogens is 150 g/mol. The van der Waals surface area contributed by atoms with Crippen LogP contribution in [0, 0.1) is 0 Å². The zero-order valence-corrected chi connectivity index (χ0v) is 7.20. The summed E-state index contributed by atoms with van der Waals surface area (Å²) in [6.45, 7) is 1.96. The minimum Gasteiger partial charge on any atom is -0.380 e. The average molecular weight is 165 g/mol. The molecule has 5 N–H and O–H groups in total. The summed E-state index contributed by atoms with van der Waals surface area (Å²) in [6, 6.07) is 9.97. The third kappa shape index (κ3) is 2.53. The molecule has 0 aliphatic rings. The lowest BCUT2D eigenvalue weighted by molar-refractivity contribution is 0.613. The number of nitrogens with one attached hydrogen (secondary N) is 1. The predicted molar refractivity (Wildman–Crippen MR) is 51.7 cm³/mol. The second-order valence-electron chi connectivity index (χ2n) is 2.88. The Bertz CT molecular complexity index is 220. The number of hydrogen-bond donors (Lipinski definition) is 3. The highest BCUT2D eigenvalue weighted by Gasteiger charge is 2.05. The number of para-hydroxylation sites is 1. The van der Waals surface area contributed by atoms with Crippen LogP contribution in [-0.2, 0) is 0 Å². The maximum atomic E-state index is 5.50. The van der Waals surface area contributed by atoms with Crippen molar-refractivity contribution in [2.45, 2.75) is 19.1 Å². The Labute approximate surface area is 72.8 Å². The summed E-state index contributed by atoms with van der Waals surface area (Å²) in [5, 5.41) is 3.19. The van der Waals surface area contributed by atoms with Gasteiger partial charge in [0.25, 0.3) is 0 Å². The summed E-state index contributed by atoms with van der Waals surface area (Å²) in [4.78, 5) is 0. The number of hydrogen-bond acceptors (Lipinski definition) is 3. The van der Waals surface area contributed by atoms with E-state index in [2.05, 4.69) is 5.32 Å². The van der Waals surface area contributed by atoms with Gasteiger partial charge in [-0.25, -0.2) is 0 Å². The lowest BCUT2D eigenvalue weighted by Gasteiger charge is -2.18. The van der Waals surface area contributed by atoms with E-state index in [0.717, 1.165) is 5.69 Å². The van der Waals surface area contributed by atoms with E-state index in [4.69, 9.17) is 11.5 Å². The van der Waals surface area contributed by atoms with Crippen LogP contribution in [0.3, 0.4) is 0 Å². The molecule has 1 unspecified atom stereocenters. The fraction of sp³-hybridized carbons (Fsp3) is 0.333. The highest BCUT2D eigenvalue weighted by molar-refractivity contribution is 5.43. The van der Waals surface area contributed by atoms with Crippen LogP contribution in [0.25, 0.3) is 0 Å². The molecule has 0 radical (unpaired) electrons. The zero-order chi connectivity index (χ0) is 8.97. The molecule has 1 aromatic carbocycles. The molecule has 0 amide bonds. The molecule has 0 heterocycles. The lowest BCUT2D eigenvalue weighted by atomic mass is 10.2. The van der Waals surface area contributed by atoms with Crippen LogP contribution in [0.4, 0.5) is 5.69 Å². The smallest absolute Gasteiger partial charge is 0.0726 e. The Morgan fingerprint density at radius 3 is 2.25 bits per heavy atom.